The molecular weight excluding hydrogens is 364 g/mol. The van der Waals surface area contributed by atoms with E-state index in [-0.39, 0.29) is 18.3 Å². The van der Waals surface area contributed by atoms with Crippen molar-refractivity contribution in [2.75, 3.05) is 23.0 Å². The van der Waals surface area contributed by atoms with E-state index >= 15 is 0 Å². The van der Waals surface area contributed by atoms with Crippen LogP contribution >= 0.6 is 11.8 Å². The fraction of sp³-hybridized carbons (Fsp3) is 0.250. The van der Waals surface area contributed by atoms with Crippen molar-refractivity contribution in [2.24, 2.45) is 0 Å². The first-order valence-corrected chi connectivity index (χ1v) is 9.35. The van der Waals surface area contributed by atoms with Gasteiger partial charge in [-0.3, -0.25) is 14.4 Å². The number of carbonyl (C=O) groups excluding carboxylic acids is 3. The van der Waals surface area contributed by atoms with Gasteiger partial charge in [0.2, 0.25) is 5.91 Å². The van der Waals surface area contributed by atoms with Crippen LogP contribution in [0.1, 0.15) is 18.1 Å². The molecule has 0 saturated carbocycles. The molecule has 2 rings (SSSR count). The Hall–Kier alpha value is -2.80. The second-order valence-corrected chi connectivity index (χ2v) is 7.05. The second-order valence-electron chi connectivity index (χ2n) is 6.03. The molecule has 142 valence electrons. The van der Waals surface area contributed by atoms with Crippen LogP contribution in [0.25, 0.3) is 0 Å². The number of rotatable bonds is 7. The highest BCUT2D eigenvalue weighted by molar-refractivity contribution is 8.00. The number of hydrogen-bond acceptors (Lipinski definition) is 5. The lowest BCUT2D eigenvalue weighted by Gasteiger charge is -2.09. The molecule has 2 N–H and O–H groups in total. The summed E-state index contributed by atoms with van der Waals surface area (Å²) in [5.41, 5.74) is 3.34. The molecule has 0 heterocycles. The Labute approximate surface area is 162 Å². The van der Waals surface area contributed by atoms with Crippen LogP contribution < -0.4 is 10.6 Å². The van der Waals surface area contributed by atoms with Crippen LogP contribution in [-0.2, 0) is 19.1 Å². The van der Waals surface area contributed by atoms with E-state index in [9.17, 15) is 14.4 Å². The van der Waals surface area contributed by atoms with Gasteiger partial charge in [-0.1, -0.05) is 23.8 Å². The van der Waals surface area contributed by atoms with Crippen molar-refractivity contribution in [3.8, 4) is 0 Å². The van der Waals surface area contributed by atoms with Crippen molar-refractivity contribution in [3.63, 3.8) is 0 Å². The normalized spacial score (nSPS) is 10.2. The molecule has 0 aromatic heterocycles. The number of nitrogens with one attached hydrogen (secondary N) is 2. The number of benzene rings is 2. The Morgan fingerprint density at radius 2 is 1.70 bits per heavy atom. The fourth-order valence-electron chi connectivity index (χ4n) is 2.36. The van der Waals surface area contributed by atoms with Gasteiger partial charge in [0.1, 0.15) is 0 Å². The van der Waals surface area contributed by atoms with E-state index in [0.29, 0.717) is 11.4 Å². The summed E-state index contributed by atoms with van der Waals surface area (Å²) in [6.45, 7) is 5.04. The predicted molar refractivity (Wildman–Crippen MR) is 107 cm³/mol. The fourth-order valence-corrected chi connectivity index (χ4v) is 3.17. The minimum atomic E-state index is -0.456. The van der Waals surface area contributed by atoms with E-state index in [1.54, 1.807) is 24.3 Å². The summed E-state index contributed by atoms with van der Waals surface area (Å²) in [6, 6.07) is 12.7. The average Bonchev–Trinajstić information content (AvgIpc) is 2.59. The molecule has 0 spiro atoms. The largest absolute Gasteiger partial charge is 0.455 e. The van der Waals surface area contributed by atoms with Crippen LogP contribution in [0.3, 0.4) is 0 Å². The molecule has 0 bridgehead atoms. The van der Waals surface area contributed by atoms with Crippen LogP contribution in [0.2, 0.25) is 0 Å². The summed E-state index contributed by atoms with van der Waals surface area (Å²) in [4.78, 5) is 35.9. The van der Waals surface area contributed by atoms with Crippen LogP contribution in [0, 0.1) is 13.8 Å². The Balaban J connectivity index is 1.78. The Bertz CT molecular complexity index is 852. The number of anilines is 2. The lowest BCUT2D eigenvalue weighted by atomic mass is 10.2. The van der Waals surface area contributed by atoms with Gasteiger partial charge in [0.25, 0.3) is 5.91 Å². The molecule has 0 fully saturated rings. The number of amides is 2. The number of ether oxygens (including phenoxy) is 1. The second kappa shape index (κ2) is 9.78. The van der Waals surface area contributed by atoms with E-state index < -0.39 is 11.9 Å². The van der Waals surface area contributed by atoms with Crippen LogP contribution in [0.4, 0.5) is 11.4 Å². The van der Waals surface area contributed by atoms with E-state index in [2.05, 4.69) is 16.7 Å². The highest BCUT2D eigenvalue weighted by atomic mass is 32.2. The molecule has 2 aromatic rings. The number of carbonyl (C=O) groups is 3. The topological polar surface area (TPSA) is 84.5 Å². The molecule has 7 heteroatoms. The lowest BCUT2D eigenvalue weighted by Crippen LogP contribution is -2.21. The van der Waals surface area contributed by atoms with Gasteiger partial charge in [0, 0.05) is 23.2 Å². The molecular formula is C20H22N2O4S. The third kappa shape index (κ3) is 7.15. The average molecular weight is 386 g/mol. The first-order chi connectivity index (χ1) is 12.8. The first kappa shape index (κ1) is 20.5. The van der Waals surface area contributed by atoms with Crippen molar-refractivity contribution in [1.29, 1.82) is 0 Å². The summed E-state index contributed by atoms with van der Waals surface area (Å²) in [6.07, 6.45) is 0. The molecule has 0 radical (unpaired) electrons. The minimum Gasteiger partial charge on any atom is -0.455 e. The van der Waals surface area contributed by atoms with E-state index in [0.717, 1.165) is 10.5 Å². The van der Waals surface area contributed by atoms with E-state index in [1.807, 2.05) is 26.0 Å². The van der Waals surface area contributed by atoms with E-state index in [1.165, 1.54) is 24.2 Å². The molecule has 0 aliphatic rings. The maximum atomic E-state index is 11.9. The predicted octanol–water partition coefficient (Wildman–Crippen LogP) is 3.54. The lowest BCUT2D eigenvalue weighted by molar-refractivity contribution is -0.144. The smallest absolute Gasteiger partial charge is 0.316 e. The molecule has 0 saturated heterocycles. The van der Waals surface area contributed by atoms with Crippen LogP contribution in [0.5, 0.6) is 0 Å². The molecule has 6 nitrogen and oxygen atoms in total. The van der Waals surface area contributed by atoms with Crippen molar-refractivity contribution in [1.82, 2.24) is 0 Å². The first-order valence-electron chi connectivity index (χ1n) is 8.36. The Morgan fingerprint density at radius 1 is 1.00 bits per heavy atom. The molecule has 2 aromatic carbocycles. The zero-order valence-corrected chi connectivity index (χ0v) is 16.3. The molecule has 0 atom stereocenters. The maximum Gasteiger partial charge on any atom is 0.316 e. The van der Waals surface area contributed by atoms with Gasteiger partial charge in [-0.2, -0.15) is 0 Å². The number of hydrogen-bond donors (Lipinski definition) is 2. The molecule has 27 heavy (non-hydrogen) atoms. The minimum absolute atomic E-state index is 0.134. The zero-order valence-electron chi connectivity index (χ0n) is 15.5. The van der Waals surface area contributed by atoms with Crippen molar-refractivity contribution in [2.45, 2.75) is 25.7 Å². The summed E-state index contributed by atoms with van der Waals surface area (Å²) >= 11 is 1.38. The molecule has 2 amide bonds. The molecule has 0 aliphatic heterocycles. The van der Waals surface area contributed by atoms with Gasteiger partial charge in [-0.15, -0.1) is 11.8 Å². The van der Waals surface area contributed by atoms with Crippen molar-refractivity contribution < 1.29 is 19.1 Å². The van der Waals surface area contributed by atoms with Crippen molar-refractivity contribution in [3.05, 3.63) is 53.6 Å². The summed E-state index contributed by atoms with van der Waals surface area (Å²) in [7, 11) is 0. The molecule has 0 unspecified atom stereocenters. The Kier molecular flexibility index (Phi) is 7.43. The van der Waals surface area contributed by atoms with Crippen LogP contribution in [-0.4, -0.2) is 30.1 Å². The SMILES string of the molecule is CC(=O)Nc1cccc(NC(=O)COC(=O)CSc2ccc(C)cc2C)c1. The van der Waals surface area contributed by atoms with Gasteiger partial charge < -0.3 is 15.4 Å². The van der Waals surface area contributed by atoms with Crippen molar-refractivity contribution >= 4 is 40.9 Å². The zero-order chi connectivity index (χ0) is 19.8. The Morgan fingerprint density at radius 3 is 2.37 bits per heavy atom. The standard InChI is InChI=1S/C20H22N2O4S/c1-13-7-8-18(14(2)9-13)27-12-20(25)26-11-19(24)22-17-6-4-5-16(10-17)21-15(3)23/h4-10H,11-12H2,1-3H3,(H,21,23)(H,22,24). The van der Waals surface area contributed by atoms with Gasteiger partial charge in [-0.05, 0) is 43.7 Å². The number of thioether (sulfide) groups is 1. The van der Waals surface area contributed by atoms with E-state index in [4.69, 9.17) is 4.74 Å². The quantitative estimate of drug-likeness (QED) is 0.562. The van der Waals surface area contributed by atoms with Gasteiger partial charge >= 0.3 is 5.97 Å². The monoisotopic (exact) mass is 386 g/mol. The number of aryl methyl sites for hydroxylation is 2. The third-order valence-corrected chi connectivity index (χ3v) is 4.66. The maximum absolute atomic E-state index is 11.9. The van der Waals surface area contributed by atoms with Gasteiger partial charge in [-0.25, -0.2) is 0 Å². The number of esters is 1. The van der Waals surface area contributed by atoms with Crippen LogP contribution in [0.15, 0.2) is 47.4 Å². The summed E-state index contributed by atoms with van der Waals surface area (Å²) < 4.78 is 5.01. The van der Waals surface area contributed by atoms with Gasteiger partial charge in [0.05, 0.1) is 5.75 Å². The highest BCUT2D eigenvalue weighted by Gasteiger charge is 2.10. The summed E-state index contributed by atoms with van der Waals surface area (Å²) in [5.74, 6) is -0.967. The molecule has 0 aliphatic carbocycles. The third-order valence-electron chi connectivity index (χ3n) is 3.51. The van der Waals surface area contributed by atoms with Gasteiger partial charge in [0.15, 0.2) is 6.61 Å². The summed E-state index contributed by atoms with van der Waals surface area (Å²) in [5, 5.41) is 5.26. The highest BCUT2D eigenvalue weighted by Crippen LogP contribution is 2.23.